The maximum atomic E-state index is 13.9. The molecule has 1 aliphatic carbocycles. The van der Waals surface area contributed by atoms with Crippen LogP contribution in [0.4, 0.5) is 8.78 Å². The number of hydrogen-bond donors (Lipinski definition) is 0. The molecule has 0 unspecified atom stereocenters. The van der Waals surface area contributed by atoms with Gasteiger partial charge in [0, 0.05) is 6.42 Å². The predicted molar refractivity (Wildman–Crippen MR) is 62.0 cm³/mol. The lowest BCUT2D eigenvalue weighted by atomic mass is 9.83. The fourth-order valence-corrected chi connectivity index (χ4v) is 2.58. The van der Waals surface area contributed by atoms with Crippen molar-refractivity contribution in [2.24, 2.45) is 0 Å². The van der Waals surface area contributed by atoms with E-state index in [9.17, 15) is 13.6 Å². The Morgan fingerprint density at radius 1 is 1.12 bits per heavy atom. The van der Waals surface area contributed by atoms with Gasteiger partial charge in [-0.2, -0.15) is 0 Å². The van der Waals surface area contributed by atoms with Crippen molar-refractivity contribution in [3.05, 3.63) is 34.9 Å². The van der Waals surface area contributed by atoms with Crippen molar-refractivity contribution in [1.82, 2.24) is 0 Å². The third-order valence-electron chi connectivity index (χ3n) is 3.54. The largest absolute Gasteiger partial charge is 0.303 e. The second kappa shape index (κ2) is 5.39. The first kappa shape index (κ1) is 12.2. The lowest BCUT2D eigenvalue weighted by Gasteiger charge is -2.22. The average molecular weight is 238 g/mol. The molecule has 0 radical (unpaired) electrons. The highest BCUT2D eigenvalue weighted by Gasteiger charge is 2.22. The molecule has 1 fully saturated rings. The van der Waals surface area contributed by atoms with Crippen LogP contribution in [0.1, 0.15) is 49.1 Å². The second-order valence-corrected chi connectivity index (χ2v) is 4.65. The van der Waals surface area contributed by atoms with E-state index in [-0.39, 0.29) is 17.9 Å². The van der Waals surface area contributed by atoms with Crippen LogP contribution in [0.15, 0.2) is 12.1 Å². The van der Waals surface area contributed by atoms with Gasteiger partial charge in [0.25, 0.3) is 0 Å². The van der Waals surface area contributed by atoms with Gasteiger partial charge in [-0.15, -0.1) is 0 Å². The molecule has 1 aliphatic rings. The average Bonchev–Trinajstić information content (AvgIpc) is 2.36. The van der Waals surface area contributed by atoms with Gasteiger partial charge in [-0.25, -0.2) is 8.78 Å². The zero-order valence-corrected chi connectivity index (χ0v) is 9.72. The molecule has 0 spiro atoms. The van der Waals surface area contributed by atoms with Crippen LogP contribution in [-0.4, -0.2) is 6.29 Å². The molecule has 3 heteroatoms. The molecular weight excluding hydrogens is 222 g/mol. The summed E-state index contributed by atoms with van der Waals surface area (Å²) >= 11 is 0. The van der Waals surface area contributed by atoms with Gasteiger partial charge in [-0.05, 0) is 29.9 Å². The van der Waals surface area contributed by atoms with Crippen molar-refractivity contribution >= 4 is 6.29 Å². The summed E-state index contributed by atoms with van der Waals surface area (Å²) in [4.78, 5) is 10.3. The van der Waals surface area contributed by atoms with E-state index < -0.39 is 11.6 Å². The van der Waals surface area contributed by atoms with Crippen LogP contribution >= 0.6 is 0 Å². The SMILES string of the molecule is O=CCc1ccc(C2CCCCC2)c(F)c1F. The highest BCUT2D eigenvalue weighted by molar-refractivity contribution is 5.55. The minimum atomic E-state index is -0.847. The lowest BCUT2D eigenvalue weighted by Crippen LogP contribution is -2.09. The Hall–Kier alpha value is -1.25. The molecule has 0 aromatic heterocycles. The number of aldehydes is 1. The van der Waals surface area contributed by atoms with Crippen molar-refractivity contribution in [2.75, 3.05) is 0 Å². The van der Waals surface area contributed by atoms with Crippen molar-refractivity contribution in [1.29, 1.82) is 0 Å². The van der Waals surface area contributed by atoms with Crippen molar-refractivity contribution < 1.29 is 13.6 Å². The molecule has 0 heterocycles. The molecule has 0 N–H and O–H groups in total. The molecule has 1 aromatic rings. The quantitative estimate of drug-likeness (QED) is 0.733. The van der Waals surface area contributed by atoms with Crippen LogP contribution in [0.3, 0.4) is 0 Å². The number of carbonyl (C=O) groups is 1. The molecule has 17 heavy (non-hydrogen) atoms. The molecule has 2 rings (SSSR count). The Bertz CT molecular complexity index is 409. The van der Waals surface area contributed by atoms with Crippen LogP contribution in [0.2, 0.25) is 0 Å². The smallest absolute Gasteiger partial charge is 0.162 e. The molecule has 0 bridgehead atoms. The summed E-state index contributed by atoms with van der Waals surface area (Å²) in [7, 11) is 0. The van der Waals surface area contributed by atoms with Crippen molar-refractivity contribution in [3.63, 3.8) is 0 Å². The van der Waals surface area contributed by atoms with Crippen LogP contribution < -0.4 is 0 Å². The Labute approximate surface area is 99.8 Å². The second-order valence-electron chi connectivity index (χ2n) is 4.65. The highest BCUT2D eigenvalue weighted by Crippen LogP contribution is 2.35. The lowest BCUT2D eigenvalue weighted by molar-refractivity contribution is -0.107. The Kier molecular flexibility index (Phi) is 3.87. The summed E-state index contributed by atoms with van der Waals surface area (Å²) in [6.07, 6.45) is 5.76. The fraction of sp³-hybridized carbons (Fsp3) is 0.500. The normalized spacial score (nSPS) is 17.1. The van der Waals surface area contributed by atoms with E-state index >= 15 is 0 Å². The highest BCUT2D eigenvalue weighted by atomic mass is 19.2. The van der Waals surface area contributed by atoms with E-state index in [1.165, 1.54) is 12.5 Å². The third kappa shape index (κ3) is 2.54. The van der Waals surface area contributed by atoms with Crippen LogP contribution in [-0.2, 0) is 11.2 Å². The first-order valence-electron chi connectivity index (χ1n) is 6.14. The van der Waals surface area contributed by atoms with Gasteiger partial charge >= 0.3 is 0 Å². The van der Waals surface area contributed by atoms with Gasteiger partial charge in [0.15, 0.2) is 11.6 Å². The number of hydrogen-bond acceptors (Lipinski definition) is 1. The number of carbonyl (C=O) groups excluding carboxylic acids is 1. The predicted octanol–water partition coefficient (Wildman–Crippen LogP) is 3.75. The Morgan fingerprint density at radius 3 is 2.47 bits per heavy atom. The fourth-order valence-electron chi connectivity index (χ4n) is 2.58. The van der Waals surface area contributed by atoms with Crippen LogP contribution in [0.5, 0.6) is 0 Å². The summed E-state index contributed by atoms with van der Waals surface area (Å²) < 4.78 is 27.5. The summed E-state index contributed by atoms with van der Waals surface area (Å²) in [5.41, 5.74) is 0.633. The van der Waals surface area contributed by atoms with Gasteiger partial charge < -0.3 is 4.79 Å². The van der Waals surface area contributed by atoms with E-state index in [0.29, 0.717) is 11.8 Å². The molecule has 92 valence electrons. The molecule has 0 aliphatic heterocycles. The first-order chi connectivity index (χ1) is 8.24. The molecule has 1 nitrogen and oxygen atoms in total. The van der Waals surface area contributed by atoms with Crippen LogP contribution in [0.25, 0.3) is 0 Å². The molecular formula is C14H16F2O. The summed E-state index contributed by atoms with van der Waals surface area (Å²) in [5.74, 6) is -1.46. The topological polar surface area (TPSA) is 17.1 Å². The minimum Gasteiger partial charge on any atom is -0.303 e. The van der Waals surface area contributed by atoms with Gasteiger partial charge in [0.05, 0.1) is 0 Å². The monoisotopic (exact) mass is 238 g/mol. The summed E-state index contributed by atoms with van der Waals surface area (Å²) in [6, 6.07) is 3.18. The number of benzene rings is 1. The van der Waals surface area contributed by atoms with E-state index in [1.54, 1.807) is 6.07 Å². The van der Waals surface area contributed by atoms with E-state index in [1.807, 2.05) is 0 Å². The standard InChI is InChI=1S/C14H16F2O/c15-13-11(8-9-17)6-7-12(14(13)16)10-4-2-1-3-5-10/h6-7,9-10H,1-5,8H2. The number of rotatable bonds is 3. The zero-order valence-electron chi connectivity index (χ0n) is 9.72. The van der Waals surface area contributed by atoms with Crippen molar-refractivity contribution in [3.8, 4) is 0 Å². The van der Waals surface area contributed by atoms with E-state index in [2.05, 4.69) is 0 Å². The molecule has 0 amide bonds. The molecule has 1 aromatic carbocycles. The number of halogens is 2. The molecule has 0 saturated heterocycles. The Balaban J connectivity index is 2.29. The van der Waals surface area contributed by atoms with Crippen molar-refractivity contribution in [2.45, 2.75) is 44.4 Å². The summed E-state index contributed by atoms with van der Waals surface area (Å²) in [5, 5.41) is 0. The molecule has 0 atom stereocenters. The minimum absolute atomic E-state index is 0.0618. The maximum Gasteiger partial charge on any atom is 0.162 e. The Morgan fingerprint density at radius 2 is 1.82 bits per heavy atom. The van der Waals surface area contributed by atoms with E-state index in [0.717, 1.165) is 25.7 Å². The van der Waals surface area contributed by atoms with Gasteiger partial charge in [0.2, 0.25) is 0 Å². The van der Waals surface area contributed by atoms with Crippen LogP contribution in [0, 0.1) is 11.6 Å². The van der Waals surface area contributed by atoms with Gasteiger partial charge in [-0.3, -0.25) is 0 Å². The van der Waals surface area contributed by atoms with E-state index in [4.69, 9.17) is 0 Å². The zero-order chi connectivity index (χ0) is 12.3. The first-order valence-corrected chi connectivity index (χ1v) is 6.14. The maximum absolute atomic E-state index is 13.9. The summed E-state index contributed by atoms with van der Waals surface area (Å²) in [6.45, 7) is 0. The third-order valence-corrected chi connectivity index (χ3v) is 3.54. The van der Waals surface area contributed by atoms with Gasteiger partial charge in [-0.1, -0.05) is 31.4 Å². The van der Waals surface area contributed by atoms with Gasteiger partial charge in [0.1, 0.15) is 6.29 Å². The molecule has 1 saturated carbocycles.